The average Bonchev–Trinajstić information content (AvgIpc) is 2.46. The maximum atomic E-state index is 12.1. The third-order valence-electron chi connectivity index (χ3n) is 3.83. The first-order valence-electron chi connectivity index (χ1n) is 8.07. The molecule has 6 nitrogen and oxygen atoms in total. The summed E-state index contributed by atoms with van der Waals surface area (Å²) in [6.45, 7) is 5.56. The lowest BCUT2D eigenvalue weighted by Gasteiger charge is -2.23. The fourth-order valence-corrected chi connectivity index (χ4v) is 3.20. The van der Waals surface area contributed by atoms with Crippen molar-refractivity contribution in [3.63, 3.8) is 0 Å². The molecule has 0 aliphatic rings. The first-order valence-corrected chi connectivity index (χ1v) is 9.92. The lowest BCUT2D eigenvalue weighted by molar-refractivity contribution is -0.120. The van der Waals surface area contributed by atoms with Crippen LogP contribution in [0.25, 0.3) is 0 Å². The number of anilines is 1. The highest BCUT2D eigenvalue weighted by atomic mass is 32.2. The van der Waals surface area contributed by atoms with E-state index in [-0.39, 0.29) is 18.9 Å². The minimum absolute atomic E-state index is 0.133. The Morgan fingerprint density at radius 1 is 1.12 bits per heavy atom. The Morgan fingerprint density at radius 2 is 1.79 bits per heavy atom. The van der Waals surface area contributed by atoms with Crippen molar-refractivity contribution in [3.05, 3.63) is 29.3 Å². The van der Waals surface area contributed by atoms with E-state index in [0.717, 1.165) is 30.3 Å². The summed E-state index contributed by atoms with van der Waals surface area (Å²) in [6.07, 6.45) is 2.17. The van der Waals surface area contributed by atoms with Gasteiger partial charge in [0.05, 0.1) is 11.9 Å². The molecule has 0 bridgehead atoms. The number of nitrogens with zero attached hydrogens (tertiary/aromatic N) is 2. The van der Waals surface area contributed by atoms with E-state index in [1.165, 1.54) is 4.31 Å². The van der Waals surface area contributed by atoms with Crippen LogP contribution in [-0.4, -0.2) is 59.2 Å². The van der Waals surface area contributed by atoms with Crippen LogP contribution in [-0.2, 0) is 14.8 Å². The molecule has 0 heterocycles. The second-order valence-corrected chi connectivity index (χ2v) is 8.27. The first kappa shape index (κ1) is 20.4. The van der Waals surface area contributed by atoms with Crippen LogP contribution in [0.15, 0.2) is 18.2 Å². The van der Waals surface area contributed by atoms with Crippen molar-refractivity contribution in [1.29, 1.82) is 0 Å². The van der Waals surface area contributed by atoms with Gasteiger partial charge in [0.2, 0.25) is 15.9 Å². The Balaban J connectivity index is 2.65. The molecule has 0 atom stereocenters. The van der Waals surface area contributed by atoms with Crippen LogP contribution in [0.2, 0.25) is 0 Å². The summed E-state index contributed by atoms with van der Waals surface area (Å²) in [5.74, 6) is -0.133. The highest BCUT2D eigenvalue weighted by Gasteiger charge is 2.19. The zero-order valence-electron chi connectivity index (χ0n) is 15.3. The lowest BCUT2D eigenvalue weighted by Crippen LogP contribution is -2.35. The quantitative estimate of drug-likeness (QED) is 0.682. The Bertz CT molecular complexity index is 657. The summed E-state index contributed by atoms with van der Waals surface area (Å²) in [5, 5.41) is 2.83. The molecule has 0 fully saturated rings. The molecule has 0 radical (unpaired) electrons. The molecule has 0 aliphatic heterocycles. The number of rotatable bonds is 9. The lowest BCUT2D eigenvalue weighted by atomic mass is 10.1. The monoisotopic (exact) mass is 355 g/mol. The SMILES string of the molecule is Cc1ccc(N(CCC(=O)NCCCN(C)C)S(C)(=O)=O)cc1C. The molecule has 7 heteroatoms. The summed E-state index contributed by atoms with van der Waals surface area (Å²) in [5.41, 5.74) is 2.72. The third-order valence-corrected chi connectivity index (χ3v) is 5.02. The maximum Gasteiger partial charge on any atom is 0.232 e. The number of carbonyl (C=O) groups excluding carboxylic acids is 1. The van der Waals surface area contributed by atoms with Gasteiger partial charge in [0.25, 0.3) is 0 Å². The normalized spacial score (nSPS) is 11.6. The van der Waals surface area contributed by atoms with Crippen molar-refractivity contribution < 1.29 is 13.2 Å². The molecule has 0 saturated carbocycles. The smallest absolute Gasteiger partial charge is 0.232 e. The molecular formula is C17H29N3O3S. The van der Waals surface area contributed by atoms with Gasteiger partial charge in [-0.05, 0) is 64.2 Å². The molecule has 0 saturated heterocycles. The Kier molecular flexibility index (Phi) is 7.69. The predicted octanol–water partition coefficient (Wildman–Crippen LogP) is 1.53. The number of amides is 1. The molecule has 0 unspecified atom stereocenters. The second kappa shape index (κ2) is 9.03. The van der Waals surface area contributed by atoms with Crippen LogP contribution < -0.4 is 9.62 Å². The van der Waals surface area contributed by atoms with Crippen molar-refractivity contribution in [3.8, 4) is 0 Å². The van der Waals surface area contributed by atoms with E-state index in [1.807, 2.05) is 40.1 Å². The highest BCUT2D eigenvalue weighted by Crippen LogP contribution is 2.21. The zero-order valence-corrected chi connectivity index (χ0v) is 16.1. The van der Waals surface area contributed by atoms with Gasteiger partial charge in [-0.1, -0.05) is 6.07 Å². The highest BCUT2D eigenvalue weighted by molar-refractivity contribution is 7.92. The van der Waals surface area contributed by atoms with Crippen LogP contribution in [0.4, 0.5) is 5.69 Å². The van der Waals surface area contributed by atoms with Crippen molar-refractivity contribution in [1.82, 2.24) is 10.2 Å². The van der Waals surface area contributed by atoms with E-state index in [2.05, 4.69) is 10.2 Å². The minimum atomic E-state index is -3.43. The van der Waals surface area contributed by atoms with Gasteiger partial charge in [-0.3, -0.25) is 9.10 Å². The van der Waals surface area contributed by atoms with Gasteiger partial charge in [-0.25, -0.2) is 8.42 Å². The fourth-order valence-electron chi connectivity index (χ4n) is 2.28. The molecule has 1 aromatic carbocycles. The van der Waals surface area contributed by atoms with Crippen molar-refractivity contribution >= 4 is 21.6 Å². The van der Waals surface area contributed by atoms with E-state index in [4.69, 9.17) is 0 Å². The van der Waals surface area contributed by atoms with Crippen LogP contribution in [0, 0.1) is 13.8 Å². The van der Waals surface area contributed by atoms with Gasteiger partial charge in [0.1, 0.15) is 0 Å². The van der Waals surface area contributed by atoms with Crippen LogP contribution in [0.3, 0.4) is 0 Å². The van der Waals surface area contributed by atoms with Crippen molar-refractivity contribution in [2.24, 2.45) is 0 Å². The summed E-state index contributed by atoms with van der Waals surface area (Å²) >= 11 is 0. The Hall–Kier alpha value is -1.60. The number of hydrogen-bond donors (Lipinski definition) is 1. The van der Waals surface area contributed by atoms with E-state index in [9.17, 15) is 13.2 Å². The molecule has 1 rings (SSSR count). The summed E-state index contributed by atoms with van der Waals surface area (Å²) < 4.78 is 25.4. The summed E-state index contributed by atoms with van der Waals surface area (Å²) in [4.78, 5) is 14.0. The largest absolute Gasteiger partial charge is 0.356 e. The Labute approximate surface area is 145 Å². The summed E-state index contributed by atoms with van der Waals surface area (Å²) in [6, 6.07) is 5.51. The topological polar surface area (TPSA) is 69.7 Å². The summed E-state index contributed by atoms with van der Waals surface area (Å²) in [7, 11) is 0.530. The van der Waals surface area contributed by atoms with Gasteiger partial charge < -0.3 is 10.2 Å². The molecular weight excluding hydrogens is 326 g/mol. The van der Waals surface area contributed by atoms with E-state index < -0.39 is 10.0 Å². The standard InChI is InChI=1S/C17H29N3O3S/c1-14-7-8-16(13-15(14)2)20(24(5,22)23)12-9-17(21)18-10-6-11-19(3)4/h7-8,13H,6,9-12H2,1-5H3,(H,18,21). The number of sulfonamides is 1. The number of carbonyl (C=O) groups is 1. The molecule has 1 aromatic rings. The molecule has 1 amide bonds. The molecule has 0 aromatic heterocycles. The van der Waals surface area contributed by atoms with Crippen molar-refractivity contribution in [2.45, 2.75) is 26.7 Å². The van der Waals surface area contributed by atoms with Crippen molar-refractivity contribution in [2.75, 3.05) is 44.3 Å². The molecule has 24 heavy (non-hydrogen) atoms. The van der Waals surface area contributed by atoms with Gasteiger partial charge in [-0.2, -0.15) is 0 Å². The number of benzene rings is 1. The average molecular weight is 356 g/mol. The zero-order chi connectivity index (χ0) is 18.3. The third kappa shape index (κ3) is 6.88. The molecule has 0 spiro atoms. The fraction of sp³-hybridized carbons (Fsp3) is 0.588. The number of hydrogen-bond acceptors (Lipinski definition) is 4. The van der Waals surface area contributed by atoms with Gasteiger partial charge in [-0.15, -0.1) is 0 Å². The van der Waals surface area contributed by atoms with E-state index >= 15 is 0 Å². The number of aryl methyl sites for hydroxylation is 2. The molecule has 136 valence electrons. The van der Waals surface area contributed by atoms with Crippen LogP contribution >= 0.6 is 0 Å². The Morgan fingerprint density at radius 3 is 2.33 bits per heavy atom. The maximum absolute atomic E-state index is 12.1. The van der Waals surface area contributed by atoms with Crippen LogP contribution in [0.5, 0.6) is 0 Å². The second-order valence-electron chi connectivity index (χ2n) is 6.36. The van der Waals surface area contributed by atoms with Gasteiger partial charge >= 0.3 is 0 Å². The first-order chi connectivity index (χ1) is 11.1. The molecule has 1 N–H and O–H groups in total. The molecule has 0 aliphatic carbocycles. The van der Waals surface area contributed by atoms with Crippen LogP contribution in [0.1, 0.15) is 24.0 Å². The van der Waals surface area contributed by atoms with E-state index in [1.54, 1.807) is 6.07 Å². The predicted molar refractivity (Wildman–Crippen MR) is 98.9 cm³/mol. The minimum Gasteiger partial charge on any atom is -0.356 e. The van der Waals surface area contributed by atoms with Gasteiger partial charge in [0, 0.05) is 19.5 Å². The van der Waals surface area contributed by atoms with Gasteiger partial charge in [0.15, 0.2) is 0 Å². The van der Waals surface area contributed by atoms with E-state index in [0.29, 0.717) is 12.2 Å². The number of nitrogens with one attached hydrogen (secondary N) is 1.